The Morgan fingerprint density at radius 1 is 1.20 bits per heavy atom. The molecule has 0 atom stereocenters. The average molecular weight is 337 g/mol. The lowest BCUT2D eigenvalue weighted by Gasteiger charge is -2.08. The van der Waals surface area contributed by atoms with Crippen molar-refractivity contribution >= 4 is 23.7 Å². The molecule has 2 aromatic carbocycles. The fourth-order valence-electron chi connectivity index (χ4n) is 2.24. The van der Waals surface area contributed by atoms with Gasteiger partial charge in [-0.15, -0.1) is 6.58 Å². The van der Waals surface area contributed by atoms with Crippen LogP contribution in [0.3, 0.4) is 0 Å². The molecule has 0 spiro atoms. The SMILES string of the molecule is C=CCc1cccc(/C=N\NC(=O)c2ccccc2NC(C)=O)c1O. The Hall–Kier alpha value is -3.41. The first-order valence-electron chi connectivity index (χ1n) is 7.64. The van der Waals surface area contributed by atoms with E-state index in [0.717, 1.165) is 5.56 Å². The van der Waals surface area contributed by atoms with Crippen LogP contribution in [-0.2, 0) is 11.2 Å². The van der Waals surface area contributed by atoms with E-state index in [1.165, 1.54) is 13.1 Å². The van der Waals surface area contributed by atoms with E-state index in [2.05, 4.69) is 22.4 Å². The Balaban J connectivity index is 2.13. The molecule has 2 aromatic rings. The molecule has 25 heavy (non-hydrogen) atoms. The second kappa shape index (κ2) is 8.44. The minimum atomic E-state index is -0.470. The fraction of sp³-hybridized carbons (Fsp3) is 0.105. The zero-order valence-electron chi connectivity index (χ0n) is 13.8. The Morgan fingerprint density at radius 2 is 1.96 bits per heavy atom. The first-order valence-corrected chi connectivity index (χ1v) is 7.64. The van der Waals surface area contributed by atoms with Crippen LogP contribution >= 0.6 is 0 Å². The highest BCUT2D eigenvalue weighted by atomic mass is 16.3. The number of para-hydroxylation sites is 2. The number of rotatable bonds is 6. The van der Waals surface area contributed by atoms with E-state index in [-0.39, 0.29) is 11.7 Å². The third-order valence-electron chi connectivity index (χ3n) is 3.37. The Labute approximate surface area is 145 Å². The van der Waals surface area contributed by atoms with Crippen molar-refractivity contribution in [3.05, 3.63) is 71.8 Å². The van der Waals surface area contributed by atoms with Crippen LogP contribution in [-0.4, -0.2) is 23.1 Å². The van der Waals surface area contributed by atoms with Gasteiger partial charge in [-0.05, 0) is 30.2 Å². The lowest BCUT2D eigenvalue weighted by atomic mass is 10.1. The van der Waals surface area contributed by atoms with Gasteiger partial charge in [-0.1, -0.05) is 30.3 Å². The van der Waals surface area contributed by atoms with Crippen LogP contribution in [0.15, 0.2) is 60.2 Å². The second-order valence-electron chi connectivity index (χ2n) is 5.27. The van der Waals surface area contributed by atoms with Gasteiger partial charge in [0.15, 0.2) is 0 Å². The molecule has 128 valence electrons. The maximum atomic E-state index is 12.2. The van der Waals surface area contributed by atoms with Crippen molar-refractivity contribution < 1.29 is 14.7 Å². The molecular formula is C19H19N3O3. The van der Waals surface area contributed by atoms with Gasteiger partial charge < -0.3 is 10.4 Å². The number of aromatic hydroxyl groups is 1. The highest BCUT2D eigenvalue weighted by Crippen LogP contribution is 2.21. The monoisotopic (exact) mass is 337 g/mol. The first kappa shape index (κ1) is 17.9. The molecule has 0 aliphatic heterocycles. The predicted octanol–water partition coefficient (Wildman–Crippen LogP) is 2.84. The Bertz CT molecular complexity index is 828. The molecule has 0 heterocycles. The van der Waals surface area contributed by atoms with Crippen LogP contribution in [0.4, 0.5) is 5.69 Å². The molecule has 0 bridgehead atoms. The predicted molar refractivity (Wildman–Crippen MR) is 97.8 cm³/mol. The molecule has 6 heteroatoms. The number of phenols is 1. The average Bonchev–Trinajstić information content (AvgIpc) is 2.58. The van der Waals surface area contributed by atoms with Gasteiger partial charge in [0.05, 0.1) is 17.5 Å². The Morgan fingerprint density at radius 3 is 2.68 bits per heavy atom. The lowest BCUT2D eigenvalue weighted by molar-refractivity contribution is -0.114. The molecule has 0 unspecified atom stereocenters. The van der Waals surface area contributed by atoms with Crippen LogP contribution in [0.2, 0.25) is 0 Å². The summed E-state index contributed by atoms with van der Waals surface area (Å²) in [5, 5.41) is 16.6. The molecule has 0 saturated heterocycles. The Kier molecular flexibility index (Phi) is 6.06. The number of hydrogen-bond donors (Lipinski definition) is 3. The molecule has 0 aliphatic carbocycles. The highest BCUT2D eigenvalue weighted by Gasteiger charge is 2.11. The van der Waals surface area contributed by atoms with Gasteiger partial charge in [0.1, 0.15) is 5.75 Å². The van der Waals surface area contributed by atoms with Gasteiger partial charge in [0, 0.05) is 12.5 Å². The maximum absolute atomic E-state index is 12.2. The van der Waals surface area contributed by atoms with E-state index in [4.69, 9.17) is 0 Å². The summed E-state index contributed by atoms with van der Waals surface area (Å²) in [4.78, 5) is 23.4. The molecule has 2 amide bonds. The number of phenolic OH excluding ortho intramolecular Hbond substituents is 1. The second-order valence-corrected chi connectivity index (χ2v) is 5.27. The van der Waals surface area contributed by atoms with Gasteiger partial charge in [-0.25, -0.2) is 5.43 Å². The number of nitrogens with one attached hydrogen (secondary N) is 2. The molecule has 3 N–H and O–H groups in total. The number of hydrogen-bond acceptors (Lipinski definition) is 4. The van der Waals surface area contributed by atoms with Crippen molar-refractivity contribution in [2.75, 3.05) is 5.32 Å². The third kappa shape index (κ3) is 4.78. The molecule has 6 nitrogen and oxygen atoms in total. The molecule has 2 rings (SSSR count). The van der Waals surface area contributed by atoms with E-state index in [1.54, 1.807) is 48.5 Å². The molecule has 0 aromatic heterocycles. The van der Waals surface area contributed by atoms with Crippen LogP contribution in [0.1, 0.15) is 28.4 Å². The van der Waals surface area contributed by atoms with Crippen molar-refractivity contribution in [3.63, 3.8) is 0 Å². The summed E-state index contributed by atoms with van der Waals surface area (Å²) in [5.41, 5.74) is 4.29. The molecule has 0 fully saturated rings. The summed E-state index contributed by atoms with van der Waals surface area (Å²) in [6.07, 6.45) is 3.58. The number of carbonyl (C=O) groups is 2. The van der Waals surface area contributed by atoms with E-state index in [9.17, 15) is 14.7 Å². The third-order valence-corrected chi connectivity index (χ3v) is 3.37. The zero-order valence-corrected chi connectivity index (χ0v) is 13.8. The van der Waals surface area contributed by atoms with Gasteiger partial charge in [0.25, 0.3) is 5.91 Å². The molecule has 0 aliphatic rings. The van der Waals surface area contributed by atoms with Crippen LogP contribution in [0.5, 0.6) is 5.75 Å². The molecular weight excluding hydrogens is 318 g/mol. The summed E-state index contributed by atoms with van der Waals surface area (Å²) >= 11 is 0. The van der Waals surface area contributed by atoms with E-state index >= 15 is 0 Å². The van der Waals surface area contributed by atoms with E-state index < -0.39 is 5.91 Å². The van der Waals surface area contributed by atoms with Crippen molar-refractivity contribution in [2.24, 2.45) is 5.10 Å². The number of nitrogens with zero attached hydrogens (tertiary/aromatic N) is 1. The summed E-state index contributed by atoms with van der Waals surface area (Å²) in [7, 11) is 0. The van der Waals surface area contributed by atoms with Crippen molar-refractivity contribution in [1.82, 2.24) is 5.43 Å². The van der Waals surface area contributed by atoms with Gasteiger partial charge in [-0.3, -0.25) is 9.59 Å². The minimum Gasteiger partial charge on any atom is -0.507 e. The van der Waals surface area contributed by atoms with Gasteiger partial charge in [-0.2, -0.15) is 5.10 Å². The molecule has 0 saturated carbocycles. The largest absolute Gasteiger partial charge is 0.507 e. The van der Waals surface area contributed by atoms with Crippen molar-refractivity contribution in [2.45, 2.75) is 13.3 Å². The normalized spacial score (nSPS) is 10.4. The number of hydrazone groups is 1. The smallest absolute Gasteiger partial charge is 0.273 e. The minimum absolute atomic E-state index is 0.0963. The maximum Gasteiger partial charge on any atom is 0.273 e. The van der Waals surface area contributed by atoms with Crippen molar-refractivity contribution in [3.8, 4) is 5.75 Å². The summed E-state index contributed by atoms with van der Waals surface area (Å²) in [5.74, 6) is -0.644. The van der Waals surface area contributed by atoms with E-state index in [0.29, 0.717) is 23.2 Å². The summed E-state index contributed by atoms with van der Waals surface area (Å²) in [6, 6.07) is 11.9. The fourth-order valence-corrected chi connectivity index (χ4v) is 2.24. The topological polar surface area (TPSA) is 90.8 Å². The van der Waals surface area contributed by atoms with Crippen LogP contribution in [0.25, 0.3) is 0 Å². The number of anilines is 1. The number of carbonyl (C=O) groups excluding carboxylic acids is 2. The van der Waals surface area contributed by atoms with E-state index in [1.807, 2.05) is 0 Å². The highest BCUT2D eigenvalue weighted by molar-refractivity contribution is 6.03. The molecule has 0 radical (unpaired) electrons. The first-order chi connectivity index (χ1) is 12.0. The van der Waals surface area contributed by atoms with Crippen LogP contribution < -0.4 is 10.7 Å². The van der Waals surface area contributed by atoms with Crippen molar-refractivity contribution in [1.29, 1.82) is 0 Å². The lowest BCUT2D eigenvalue weighted by Crippen LogP contribution is -2.20. The zero-order chi connectivity index (χ0) is 18.2. The number of amides is 2. The van der Waals surface area contributed by atoms with Gasteiger partial charge >= 0.3 is 0 Å². The van der Waals surface area contributed by atoms with Crippen LogP contribution in [0, 0.1) is 0 Å². The summed E-state index contributed by atoms with van der Waals surface area (Å²) in [6.45, 7) is 5.01. The standard InChI is InChI=1S/C19H19N3O3/c1-3-7-14-8-6-9-15(18(14)24)12-20-22-19(25)16-10-4-5-11-17(16)21-13(2)23/h3-6,8-12,24H,1,7H2,2H3,(H,21,23)(H,22,25)/b20-12-. The quantitative estimate of drug-likeness (QED) is 0.430. The number of benzene rings is 2. The summed E-state index contributed by atoms with van der Waals surface area (Å²) < 4.78 is 0. The number of allylic oxidation sites excluding steroid dienone is 1. The van der Waals surface area contributed by atoms with Gasteiger partial charge in [0.2, 0.25) is 5.91 Å².